The Hall–Kier alpha value is -2.11. The predicted octanol–water partition coefficient (Wildman–Crippen LogP) is 0.773. The van der Waals surface area contributed by atoms with E-state index in [1.807, 2.05) is 0 Å². The van der Waals surface area contributed by atoms with Gasteiger partial charge >= 0.3 is 12.1 Å². The molecular weight excluding hydrogens is 200 g/mol. The van der Waals surface area contributed by atoms with E-state index in [9.17, 15) is 9.59 Å². The first-order valence-electron chi connectivity index (χ1n) is 4.27. The lowest BCUT2D eigenvalue weighted by molar-refractivity contribution is 0.0690. The maximum atomic E-state index is 10.7. The van der Waals surface area contributed by atoms with Crippen molar-refractivity contribution in [3.05, 3.63) is 29.1 Å². The quantitative estimate of drug-likeness (QED) is 0.711. The molecule has 1 aliphatic heterocycles. The summed E-state index contributed by atoms with van der Waals surface area (Å²) in [4.78, 5) is 26.2. The summed E-state index contributed by atoms with van der Waals surface area (Å²) in [7, 11) is 0. The third-order valence-electron chi connectivity index (χ3n) is 2.29. The highest BCUT2D eigenvalue weighted by atomic mass is 16.4. The number of amides is 1. The molecule has 2 N–H and O–H groups in total. The van der Waals surface area contributed by atoms with Crippen LogP contribution in [-0.4, -0.2) is 32.2 Å². The first-order valence-corrected chi connectivity index (χ1v) is 4.27. The average molecular weight is 208 g/mol. The molecule has 1 aliphatic rings. The maximum Gasteiger partial charge on any atom is 0.407 e. The zero-order valence-electron chi connectivity index (χ0n) is 7.67. The number of fused-ring (bicyclic) bond motifs is 1. The van der Waals surface area contributed by atoms with Crippen molar-refractivity contribution < 1.29 is 19.8 Å². The van der Waals surface area contributed by atoms with Crippen LogP contribution < -0.4 is 0 Å². The average Bonchev–Trinajstić information content (AvgIpc) is 2.59. The number of pyridine rings is 1. The van der Waals surface area contributed by atoms with Crippen molar-refractivity contribution >= 4 is 12.1 Å². The molecule has 0 saturated carbocycles. The third-order valence-corrected chi connectivity index (χ3v) is 2.29. The SMILES string of the molecule is O=C(O)c1cc2c(cn1)CN(C(=O)O)C2. The number of carboxylic acid groups (broad SMARTS) is 2. The summed E-state index contributed by atoms with van der Waals surface area (Å²) in [6.07, 6.45) is 0.407. The van der Waals surface area contributed by atoms with Crippen molar-refractivity contribution in [1.82, 2.24) is 9.88 Å². The van der Waals surface area contributed by atoms with Crippen molar-refractivity contribution in [2.45, 2.75) is 13.1 Å². The Kier molecular flexibility index (Phi) is 2.03. The summed E-state index contributed by atoms with van der Waals surface area (Å²) in [5.74, 6) is -1.11. The highest BCUT2D eigenvalue weighted by molar-refractivity contribution is 5.85. The summed E-state index contributed by atoms with van der Waals surface area (Å²) in [5.41, 5.74) is 1.42. The van der Waals surface area contributed by atoms with Crippen LogP contribution in [0.5, 0.6) is 0 Å². The van der Waals surface area contributed by atoms with Crippen LogP contribution in [0.15, 0.2) is 12.3 Å². The van der Waals surface area contributed by atoms with Crippen molar-refractivity contribution in [3.8, 4) is 0 Å². The van der Waals surface area contributed by atoms with Gasteiger partial charge in [-0.15, -0.1) is 0 Å². The van der Waals surface area contributed by atoms with Crippen molar-refractivity contribution in [2.75, 3.05) is 0 Å². The number of hydrogen-bond acceptors (Lipinski definition) is 3. The van der Waals surface area contributed by atoms with Gasteiger partial charge in [0.25, 0.3) is 0 Å². The third kappa shape index (κ3) is 1.61. The van der Waals surface area contributed by atoms with Gasteiger partial charge in [-0.25, -0.2) is 14.6 Å². The van der Waals surface area contributed by atoms with Gasteiger partial charge in [-0.2, -0.15) is 0 Å². The molecule has 6 heteroatoms. The molecule has 1 amide bonds. The van der Waals surface area contributed by atoms with Crippen LogP contribution in [-0.2, 0) is 13.1 Å². The molecule has 78 valence electrons. The predicted molar refractivity (Wildman–Crippen MR) is 48.5 cm³/mol. The normalized spacial score (nSPS) is 13.7. The van der Waals surface area contributed by atoms with E-state index < -0.39 is 12.1 Å². The molecule has 0 aliphatic carbocycles. The van der Waals surface area contributed by atoms with E-state index in [0.29, 0.717) is 5.56 Å². The minimum atomic E-state index is -1.11. The fraction of sp³-hybridized carbons (Fsp3) is 0.222. The number of rotatable bonds is 1. The molecule has 15 heavy (non-hydrogen) atoms. The highest BCUT2D eigenvalue weighted by Crippen LogP contribution is 2.22. The first-order chi connectivity index (χ1) is 7.08. The Balaban J connectivity index is 2.31. The molecule has 0 bridgehead atoms. The smallest absolute Gasteiger partial charge is 0.407 e. The molecule has 2 rings (SSSR count). The Morgan fingerprint density at radius 1 is 1.27 bits per heavy atom. The van der Waals surface area contributed by atoms with Crippen LogP contribution in [0.1, 0.15) is 21.6 Å². The van der Waals surface area contributed by atoms with Crippen LogP contribution in [0.2, 0.25) is 0 Å². The molecule has 1 aromatic heterocycles. The van der Waals surface area contributed by atoms with Gasteiger partial charge in [-0.1, -0.05) is 0 Å². The molecule has 6 nitrogen and oxygen atoms in total. The van der Waals surface area contributed by atoms with Gasteiger partial charge in [-0.05, 0) is 17.2 Å². The number of hydrogen-bond donors (Lipinski definition) is 2. The van der Waals surface area contributed by atoms with Crippen molar-refractivity contribution in [2.24, 2.45) is 0 Å². The molecule has 0 aromatic carbocycles. The molecule has 0 unspecified atom stereocenters. The highest BCUT2D eigenvalue weighted by Gasteiger charge is 2.24. The van der Waals surface area contributed by atoms with E-state index in [0.717, 1.165) is 5.56 Å². The van der Waals surface area contributed by atoms with E-state index in [-0.39, 0.29) is 18.8 Å². The van der Waals surface area contributed by atoms with E-state index in [1.54, 1.807) is 0 Å². The lowest BCUT2D eigenvalue weighted by Crippen LogP contribution is -2.22. The zero-order chi connectivity index (χ0) is 11.0. The second kappa shape index (κ2) is 3.23. The molecule has 0 radical (unpaired) electrons. The maximum absolute atomic E-state index is 10.7. The van der Waals surface area contributed by atoms with Gasteiger partial charge in [0.05, 0.1) is 6.54 Å². The summed E-state index contributed by atoms with van der Waals surface area (Å²) >= 11 is 0. The van der Waals surface area contributed by atoms with E-state index in [4.69, 9.17) is 10.2 Å². The van der Waals surface area contributed by atoms with E-state index in [1.165, 1.54) is 17.2 Å². The number of nitrogens with zero attached hydrogens (tertiary/aromatic N) is 2. The minimum Gasteiger partial charge on any atom is -0.477 e. The molecule has 2 heterocycles. The topological polar surface area (TPSA) is 90.7 Å². The van der Waals surface area contributed by atoms with Crippen LogP contribution in [0, 0.1) is 0 Å². The Bertz CT molecular complexity index is 444. The zero-order valence-corrected chi connectivity index (χ0v) is 7.67. The summed E-state index contributed by atoms with van der Waals surface area (Å²) < 4.78 is 0. The van der Waals surface area contributed by atoms with Crippen LogP contribution in [0.25, 0.3) is 0 Å². The second-order valence-corrected chi connectivity index (χ2v) is 3.28. The van der Waals surface area contributed by atoms with Gasteiger partial charge < -0.3 is 10.2 Å². The van der Waals surface area contributed by atoms with Crippen LogP contribution in [0.4, 0.5) is 4.79 Å². The van der Waals surface area contributed by atoms with Gasteiger partial charge in [0, 0.05) is 12.7 Å². The molecule has 0 fully saturated rings. The van der Waals surface area contributed by atoms with Gasteiger partial charge in [0.15, 0.2) is 0 Å². The Morgan fingerprint density at radius 3 is 2.53 bits per heavy atom. The van der Waals surface area contributed by atoms with Crippen LogP contribution >= 0.6 is 0 Å². The molecule has 1 aromatic rings. The van der Waals surface area contributed by atoms with Crippen molar-refractivity contribution in [3.63, 3.8) is 0 Å². The summed E-state index contributed by atoms with van der Waals surface area (Å²) in [6.45, 7) is 0.505. The van der Waals surface area contributed by atoms with E-state index >= 15 is 0 Å². The fourth-order valence-corrected chi connectivity index (χ4v) is 1.53. The minimum absolute atomic E-state index is 0.0546. The molecule has 0 spiro atoms. The Labute approximate surface area is 84.8 Å². The van der Waals surface area contributed by atoms with E-state index in [2.05, 4.69) is 4.98 Å². The van der Waals surface area contributed by atoms with Gasteiger partial charge in [0.2, 0.25) is 0 Å². The first kappa shape index (κ1) is 9.45. The molecular formula is C9H8N2O4. The largest absolute Gasteiger partial charge is 0.477 e. The van der Waals surface area contributed by atoms with Gasteiger partial charge in [-0.3, -0.25) is 4.90 Å². The second-order valence-electron chi connectivity index (χ2n) is 3.28. The lowest BCUT2D eigenvalue weighted by Gasteiger charge is -2.08. The molecule has 0 atom stereocenters. The standard InChI is InChI=1S/C9H8N2O4/c12-8(13)7-1-5-3-11(9(14)15)4-6(5)2-10-7/h1-2H,3-4H2,(H,12,13)(H,14,15). The van der Waals surface area contributed by atoms with Gasteiger partial charge in [0.1, 0.15) is 5.69 Å². The lowest BCUT2D eigenvalue weighted by atomic mass is 10.1. The van der Waals surface area contributed by atoms with Crippen LogP contribution in [0.3, 0.4) is 0 Å². The van der Waals surface area contributed by atoms with Crippen molar-refractivity contribution in [1.29, 1.82) is 0 Å². The fourth-order valence-electron chi connectivity index (χ4n) is 1.53. The Morgan fingerprint density at radius 2 is 1.93 bits per heavy atom. The summed E-state index contributed by atoms with van der Waals surface area (Å²) in [6, 6.07) is 1.42. The summed E-state index contributed by atoms with van der Waals surface area (Å²) in [5, 5.41) is 17.5. The number of carboxylic acids is 1. The number of aromatic nitrogens is 1. The monoisotopic (exact) mass is 208 g/mol. The number of aromatic carboxylic acids is 1. The molecule has 0 saturated heterocycles. The number of carbonyl (C=O) groups is 2.